The number of carbonyl (C=O) groups excluding carboxylic acids is 1. The minimum Gasteiger partial charge on any atom is -0.314 e. The van der Waals surface area contributed by atoms with E-state index in [9.17, 15) is 4.79 Å². The summed E-state index contributed by atoms with van der Waals surface area (Å²) in [5.41, 5.74) is 0.436. The van der Waals surface area contributed by atoms with Crippen molar-refractivity contribution in [2.75, 3.05) is 18.8 Å². The molecule has 2 aliphatic rings. The van der Waals surface area contributed by atoms with Crippen LogP contribution in [0.2, 0.25) is 0 Å². The molecule has 7 heteroatoms. The monoisotopic (exact) mass is 379 g/mol. The van der Waals surface area contributed by atoms with Gasteiger partial charge >= 0.3 is 0 Å². The SMILES string of the molecule is Cl.O=C(NC1=N[C@@]2(c3cccs3)CNC[C@H]2CS1)c1ccccc1. The van der Waals surface area contributed by atoms with Crippen LogP contribution in [0.15, 0.2) is 52.8 Å². The first-order chi connectivity index (χ1) is 11.3. The Balaban J connectivity index is 0.00000169. The van der Waals surface area contributed by atoms with Gasteiger partial charge in [-0.15, -0.1) is 23.7 Å². The lowest BCUT2D eigenvalue weighted by molar-refractivity contribution is 0.0977. The topological polar surface area (TPSA) is 53.5 Å². The number of benzene rings is 1. The molecule has 2 aliphatic heterocycles. The summed E-state index contributed by atoms with van der Waals surface area (Å²) < 4.78 is 0. The zero-order chi connectivity index (χ0) is 15.7. The van der Waals surface area contributed by atoms with Gasteiger partial charge in [-0.3, -0.25) is 4.79 Å². The van der Waals surface area contributed by atoms with Gasteiger partial charge in [0.2, 0.25) is 0 Å². The predicted octanol–water partition coefficient (Wildman–Crippen LogP) is 3.12. The Kier molecular flexibility index (Phi) is 5.30. The van der Waals surface area contributed by atoms with E-state index >= 15 is 0 Å². The Morgan fingerprint density at radius 1 is 1.25 bits per heavy atom. The highest BCUT2D eigenvalue weighted by molar-refractivity contribution is 8.13. The van der Waals surface area contributed by atoms with Gasteiger partial charge in [-0.1, -0.05) is 36.0 Å². The summed E-state index contributed by atoms with van der Waals surface area (Å²) in [7, 11) is 0. The first kappa shape index (κ1) is 17.5. The number of halogens is 1. The van der Waals surface area contributed by atoms with E-state index in [0.29, 0.717) is 11.5 Å². The van der Waals surface area contributed by atoms with Crippen molar-refractivity contribution in [3.8, 4) is 0 Å². The lowest BCUT2D eigenvalue weighted by Crippen LogP contribution is -2.41. The molecule has 1 amide bonds. The van der Waals surface area contributed by atoms with Crippen LogP contribution in [-0.2, 0) is 5.54 Å². The van der Waals surface area contributed by atoms with Crippen molar-refractivity contribution >= 4 is 46.6 Å². The van der Waals surface area contributed by atoms with E-state index in [1.54, 1.807) is 23.1 Å². The summed E-state index contributed by atoms with van der Waals surface area (Å²) in [4.78, 5) is 18.6. The number of thioether (sulfide) groups is 1. The zero-order valence-corrected chi connectivity index (χ0v) is 15.3. The Hall–Kier alpha value is -1.34. The molecule has 2 atom stereocenters. The molecule has 4 nitrogen and oxygen atoms in total. The summed E-state index contributed by atoms with van der Waals surface area (Å²) in [6.45, 7) is 1.82. The van der Waals surface area contributed by atoms with E-state index in [1.807, 2.05) is 30.3 Å². The number of rotatable bonds is 2. The predicted molar refractivity (Wildman–Crippen MR) is 103 cm³/mol. The van der Waals surface area contributed by atoms with Gasteiger partial charge in [0.15, 0.2) is 5.17 Å². The van der Waals surface area contributed by atoms with E-state index < -0.39 is 0 Å². The van der Waals surface area contributed by atoms with Crippen LogP contribution in [0.25, 0.3) is 0 Å². The van der Waals surface area contributed by atoms with Gasteiger partial charge in [0.05, 0.1) is 0 Å². The van der Waals surface area contributed by atoms with Crippen molar-refractivity contribution in [3.05, 3.63) is 58.3 Å². The number of hydrogen-bond acceptors (Lipinski definition) is 5. The molecule has 126 valence electrons. The molecule has 4 rings (SSSR count). The Labute approximate surface area is 155 Å². The second-order valence-electron chi connectivity index (χ2n) is 5.78. The standard InChI is InChI=1S/C17H17N3OS2.ClH/c21-15(12-5-2-1-3-6-12)19-16-20-17(14-7-4-8-22-14)11-18-9-13(17)10-23-16;/h1-8,13,18H,9-11H2,(H,19,20,21);1H/t13-,17-;/m0./s1. The second kappa shape index (κ2) is 7.27. The van der Waals surface area contributed by atoms with Gasteiger partial charge in [0.25, 0.3) is 5.91 Å². The summed E-state index contributed by atoms with van der Waals surface area (Å²) in [6, 6.07) is 13.5. The third-order valence-corrected chi connectivity index (χ3v) is 6.46. The quantitative estimate of drug-likeness (QED) is 0.842. The molecule has 0 unspecified atom stereocenters. The number of thiophene rings is 1. The molecular formula is C17H18ClN3OS2. The van der Waals surface area contributed by atoms with Gasteiger partial charge in [-0.05, 0) is 23.6 Å². The number of amides is 1. The summed E-state index contributed by atoms with van der Waals surface area (Å²) in [5.74, 6) is 1.35. The molecule has 1 aromatic carbocycles. The fourth-order valence-electron chi connectivity index (χ4n) is 3.16. The summed E-state index contributed by atoms with van der Waals surface area (Å²) in [5, 5.41) is 9.28. The first-order valence-electron chi connectivity index (χ1n) is 7.62. The molecule has 2 N–H and O–H groups in total. The van der Waals surface area contributed by atoms with Crippen molar-refractivity contribution in [2.45, 2.75) is 5.54 Å². The Morgan fingerprint density at radius 3 is 2.83 bits per heavy atom. The van der Waals surface area contributed by atoms with Gasteiger partial charge in [-0.25, -0.2) is 4.99 Å². The average Bonchev–Trinajstić information content (AvgIpc) is 3.25. The maximum Gasteiger partial charge on any atom is 0.257 e. The number of amidine groups is 1. The summed E-state index contributed by atoms with van der Waals surface area (Å²) in [6.07, 6.45) is 0. The van der Waals surface area contributed by atoms with Crippen LogP contribution in [0.4, 0.5) is 0 Å². The van der Waals surface area contributed by atoms with Crippen LogP contribution < -0.4 is 10.6 Å². The molecule has 1 aromatic heterocycles. The Morgan fingerprint density at radius 2 is 2.08 bits per heavy atom. The van der Waals surface area contributed by atoms with E-state index in [-0.39, 0.29) is 23.9 Å². The van der Waals surface area contributed by atoms with Crippen LogP contribution in [0.3, 0.4) is 0 Å². The second-order valence-corrected chi connectivity index (χ2v) is 7.73. The van der Waals surface area contributed by atoms with Crippen molar-refractivity contribution in [3.63, 3.8) is 0 Å². The zero-order valence-electron chi connectivity index (χ0n) is 12.9. The fraction of sp³-hybridized carbons (Fsp3) is 0.294. The van der Waals surface area contributed by atoms with Gasteiger partial charge < -0.3 is 10.6 Å². The highest BCUT2D eigenvalue weighted by Crippen LogP contribution is 2.44. The van der Waals surface area contributed by atoms with Crippen molar-refractivity contribution in [1.82, 2.24) is 10.6 Å². The normalized spacial score (nSPS) is 25.3. The van der Waals surface area contributed by atoms with Crippen LogP contribution in [0.5, 0.6) is 0 Å². The van der Waals surface area contributed by atoms with E-state index in [0.717, 1.165) is 24.0 Å². The minimum atomic E-state index is -0.223. The van der Waals surface area contributed by atoms with Crippen molar-refractivity contribution in [2.24, 2.45) is 10.9 Å². The van der Waals surface area contributed by atoms with E-state index in [2.05, 4.69) is 28.1 Å². The van der Waals surface area contributed by atoms with Crippen molar-refractivity contribution < 1.29 is 4.79 Å². The molecule has 3 heterocycles. The smallest absolute Gasteiger partial charge is 0.257 e. The largest absolute Gasteiger partial charge is 0.314 e. The molecule has 24 heavy (non-hydrogen) atoms. The van der Waals surface area contributed by atoms with E-state index in [4.69, 9.17) is 4.99 Å². The van der Waals surface area contributed by atoms with Crippen LogP contribution in [-0.4, -0.2) is 29.9 Å². The third kappa shape index (κ3) is 3.11. The molecular weight excluding hydrogens is 362 g/mol. The lowest BCUT2D eigenvalue weighted by Gasteiger charge is -2.34. The summed E-state index contributed by atoms with van der Waals surface area (Å²) >= 11 is 3.39. The average molecular weight is 380 g/mol. The molecule has 0 radical (unpaired) electrons. The van der Waals surface area contributed by atoms with Gasteiger partial charge in [0.1, 0.15) is 5.54 Å². The highest BCUT2D eigenvalue weighted by Gasteiger charge is 2.47. The molecule has 0 bridgehead atoms. The first-order valence-corrected chi connectivity index (χ1v) is 9.48. The van der Waals surface area contributed by atoms with Crippen LogP contribution >= 0.6 is 35.5 Å². The number of carbonyl (C=O) groups is 1. The number of hydrogen-bond donors (Lipinski definition) is 2. The number of nitrogens with one attached hydrogen (secondary N) is 2. The molecule has 0 aliphatic carbocycles. The van der Waals surface area contributed by atoms with Gasteiger partial charge in [0, 0.05) is 35.2 Å². The number of nitrogens with zero attached hydrogens (tertiary/aromatic N) is 1. The maximum atomic E-state index is 12.4. The molecule has 0 spiro atoms. The Bertz CT molecular complexity index is 736. The molecule has 0 saturated carbocycles. The molecule has 1 saturated heterocycles. The highest BCUT2D eigenvalue weighted by atomic mass is 35.5. The lowest BCUT2D eigenvalue weighted by atomic mass is 9.87. The molecule has 1 fully saturated rings. The molecule has 2 aromatic rings. The van der Waals surface area contributed by atoms with Crippen LogP contribution in [0, 0.1) is 5.92 Å². The maximum absolute atomic E-state index is 12.4. The van der Waals surface area contributed by atoms with Gasteiger partial charge in [-0.2, -0.15) is 0 Å². The minimum absolute atomic E-state index is 0. The number of fused-ring (bicyclic) bond motifs is 1. The van der Waals surface area contributed by atoms with Crippen molar-refractivity contribution in [1.29, 1.82) is 0 Å². The fourth-order valence-corrected chi connectivity index (χ4v) is 5.26. The third-order valence-electron chi connectivity index (χ3n) is 4.39. The van der Waals surface area contributed by atoms with E-state index in [1.165, 1.54) is 4.88 Å². The van der Waals surface area contributed by atoms with Crippen LogP contribution in [0.1, 0.15) is 15.2 Å². The number of aliphatic imine (C=N–C) groups is 1.